The molecule has 4 aromatic rings. The normalized spacial score (nSPS) is 14.1. The van der Waals surface area contributed by atoms with Crippen molar-refractivity contribution in [2.24, 2.45) is 0 Å². The third kappa shape index (κ3) is 3.86. The summed E-state index contributed by atoms with van der Waals surface area (Å²) in [6, 6.07) is 13.1. The molecule has 0 saturated carbocycles. The van der Waals surface area contributed by atoms with Gasteiger partial charge in [0.1, 0.15) is 16.7 Å². The number of fused-ring (bicyclic) bond motifs is 3. The molecule has 174 valence electrons. The number of thiophene rings is 1. The summed E-state index contributed by atoms with van der Waals surface area (Å²) in [5.74, 6) is 0.316. The average molecular weight is 472 g/mol. The maximum atomic E-state index is 14.0. The van der Waals surface area contributed by atoms with Crippen LogP contribution in [0.5, 0.6) is 0 Å². The topological polar surface area (TPSA) is 64.0 Å². The molecule has 6 heteroatoms. The van der Waals surface area contributed by atoms with E-state index >= 15 is 0 Å². The van der Waals surface area contributed by atoms with Gasteiger partial charge in [0.2, 0.25) is 5.91 Å². The fourth-order valence-corrected chi connectivity index (χ4v) is 6.34. The summed E-state index contributed by atoms with van der Waals surface area (Å²) < 4.78 is 1.59. The van der Waals surface area contributed by atoms with Gasteiger partial charge in [-0.3, -0.25) is 14.2 Å². The first-order chi connectivity index (χ1) is 16.3. The number of aryl methyl sites for hydroxylation is 5. The Labute approximate surface area is 203 Å². The molecule has 0 fully saturated rings. The summed E-state index contributed by atoms with van der Waals surface area (Å²) >= 11 is 1.63. The molecule has 1 atom stereocenters. The highest BCUT2D eigenvalue weighted by Gasteiger charge is 2.27. The Morgan fingerprint density at radius 3 is 2.44 bits per heavy atom. The second kappa shape index (κ2) is 8.84. The molecule has 2 heterocycles. The molecular weight excluding hydrogens is 442 g/mol. The van der Waals surface area contributed by atoms with Gasteiger partial charge in [-0.1, -0.05) is 48.0 Å². The molecule has 1 unspecified atom stereocenters. The van der Waals surface area contributed by atoms with E-state index in [9.17, 15) is 9.59 Å². The van der Waals surface area contributed by atoms with E-state index in [4.69, 9.17) is 4.98 Å². The first-order valence-corrected chi connectivity index (χ1v) is 12.7. The zero-order valence-corrected chi connectivity index (χ0v) is 20.9. The van der Waals surface area contributed by atoms with E-state index in [1.165, 1.54) is 4.88 Å². The second-order valence-corrected chi connectivity index (χ2v) is 10.4. The Kier molecular flexibility index (Phi) is 5.86. The van der Waals surface area contributed by atoms with E-state index in [0.29, 0.717) is 11.2 Å². The fraction of sp³-hybridized carbons (Fsp3) is 0.321. The van der Waals surface area contributed by atoms with Gasteiger partial charge >= 0.3 is 0 Å². The van der Waals surface area contributed by atoms with Gasteiger partial charge in [0.05, 0.1) is 5.39 Å². The minimum Gasteiger partial charge on any atom is -0.324 e. The van der Waals surface area contributed by atoms with Crippen LogP contribution in [0, 0.1) is 20.8 Å². The fourth-order valence-electron chi connectivity index (χ4n) is 5.09. The third-order valence-electron chi connectivity index (χ3n) is 6.74. The maximum Gasteiger partial charge on any atom is 0.263 e. The lowest BCUT2D eigenvalue weighted by Gasteiger charge is -2.21. The summed E-state index contributed by atoms with van der Waals surface area (Å²) in [5.41, 5.74) is 5.82. The summed E-state index contributed by atoms with van der Waals surface area (Å²) in [7, 11) is 0. The molecule has 0 aliphatic heterocycles. The van der Waals surface area contributed by atoms with Crippen molar-refractivity contribution < 1.29 is 4.79 Å². The largest absolute Gasteiger partial charge is 0.324 e. The lowest BCUT2D eigenvalue weighted by Crippen LogP contribution is -2.34. The van der Waals surface area contributed by atoms with Gasteiger partial charge in [0, 0.05) is 16.1 Å². The lowest BCUT2D eigenvalue weighted by molar-refractivity contribution is -0.118. The van der Waals surface area contributed by atoms with E-state index in [1.54, 1.807) is 22.8 Å². The smallest absolute Gasteiger partial charge is 0.263 e. The van der Waals surface area contributed by atoms with Crippen LogP contribution < -0.4 is 10.9 Å². The zero-order chi connectivity index (χ0) is 24.0. The zero-order valence-electron chi connectivity index (χ0n) is 20.1. The van der Waals surface area contributed by atoms with Crippen LogP contribution in [0.25, 0.3) is 21.6 Å². The molecule has 0 spiro atoms. The molecule has 5 rings (SSSR count). The van der Waals surface area contributed by atoms with Crippen LogP contribution in [-0.2, 0) is 17.6 Å². The predicted molar refractivity (Wildman–Crippen MR) is 140 cm³/mol. The van der Waals surface area contributed by atoms with Crippen LogP contribution in [0.3, 0.4) is 0 Å². The average Bonchev–Trinajstić information content (AvgIpc) is 3.20. The van der Waals surface area contributed by atoms with Gasteiger partial charge < -0.3 is 5.32 Å². The molecule has 5 nitrogen and oxygen atoms in total. The molecule has 0 saturated heterocycles. The number of carbonyl (C=O) groups excluding carboxylic acids is 1. The first-order valence-electron chi connectivity index (χ1n) is 11.9. The molecule has 1 aliphatic carbocycles. The number of hydrogen-bond acceptors (Lipinski definition) is 4. The number of rotatable bonds is 4. The minimum atomic E-state index is -0.723. The van der Waals surface area contributed by atoms with E-state index in [1.807, 2.05) is 51.1 Å². The van der Waals surface area contributed by atoms with Crippen LogP contribution in [-0.4, -0.2) is 15.5 Å². The van der Waals surface area contributed by atoms with Crippen molar-refractivity contribution in [3.05, 3.63) is 79.9 Å². The van der Waals surface area contributed by atoms with Crippen molar-refractivity contribution in [3.63, 3.8) is 0 Å². The molecule has 1 amide bonds. The van der Waals surface area contributed by atoms with Crippen molar-refractivity contribution in [2.75, 3.05) is 5.32 Å². The summed E-state index contributed by atoms with van der Waals surface area (Å²) in [6.07, 6.45) is 4.13. The molecule has 0 bridgehead atoms. The SMILES string of the molecule is Cc1cc(C)c(NC(=O)C(C)n2c(-c3ccccc3)nc3sc4c(c3c2=O)CCCC4)c(C)c1. The summed E-state index contributed by atoms with van der Waals surface area (Å²) in [6.45, 7) is 7.82. The number of nitrogens with one attached hydrogen (secondary N) is 1. The van der Waals surface area contributed by atoms with E-state index in [2.05, 4.69) is 17.4 Å². The highest BCUT2D eigenvalue weighted by atomic mass is 32.1. The van der Waals surface area contributed by atoms with Crippen molar-refractivity contribution >= 4 is 33.1 Å². The summed E-state index contributed by atoms with van der Waals surface area (Å²) in [4.78, 5) is 34.5. The number of amides is 1. The van der Waals surface area contributed by atoms with Crippen LogP contribution in [0.1, 0.15) is 52.9 Å². The molecule has 34 heavy (non-hydrogen) atoms. The van der Waals surface area contributed by atoms with Gasteiger partial charge in [-0.05, 0) is 70.1 Å². The van der Waals surface area contributed by atoms with Gasteiger partial charge in [-0.2, -0.15) is 0 Å². The highest BCUT2D eigenvalue weighted by Crippen LogP contribution is 2.35. The van der Waals surface area contributed by atoms with Gasteiger partial charge in [0.15, 0.2) is 0 Å². The molecule has 1 N–H and O–H groups in total. The number of carbonyl (C=O) groups is 1. The lowest BCUT2D eigenvalue weighted by atomic mass is 9.97. The Hall–Kier alpha value is -3.25. The number of nitrogens with zero attached hydrogens (tertiary/aromatic N) is 2. The van der Waals surface area contributed by atoms with Gasteiger partial charge in [-0.15, -0.1) is 11.3 Å². The van der Waals surface area contributed by atoms with Crippen LogP contribution >= 0.6 is 11.3 Å². The van der Waals surface area contributed by atoms with Gasteiger partial charge in [0.25, 0.3) is 5.56 Å². The number of benzene rings is 2. The summed E-state index contributed by atoms with van der Waals surface area (Å²) in [5, 5.41) is 3.79. The molecular formula is C28H29N3O2S. The number of aromatic nitrogens is 2. The quantitative estimate of drug-likeness (QED) is 0.389. The Balaban J connectivity index is 1.66. The number of anilines is 1. The predicted octanol–water partition coefficient (Wildman–Crippen LogP) is 6.13. The third-order valence-corrected chi connectivity index (χ3v) is 7.93. The molecule has 0 radical (unpaired) electrons. The van der Waals surface area contributed by atoms with E-state index in [0.717, 1.165) is 64.0 Å². The Morgan fingerprint density at radius 2 is 1.74 bits per heavy atom. The molecule has 1 aliphatic rings. The van der Waals surface area contributed by atoms with Crippen molar-refractivity contribution in [3.8, 4) is 11.4 Å². The molecule has 2 aromatic heterocycles. The van der Waals surface area contributed by atoms with Crippen LogP contribution in [0.2, 0.25) is 0 Å². The van der Waals surface area contributed by atoms with Crippen LogP contribution in [0.15, 0.2) is 47.3 Å². The van der Waals surface area contributed by atoms with E-state index < -0.39 is 6.04 Å². The Bertz CT molecular complexity index is 1440. The highest BCUT2D eigenvalue weighted by molar-refractivity contribution is 7.18. The minimum absolute atomic E-state index is 0.122. The van der Waals surface area contributed by atoms with Crippen molar-refractivity contribution in [1.29, 1.82) is 0 Å². The Morgan fingerprint density at radius 1 is 1.06 bits per heavy atom. The van der Waals surface area contributed by atoms with E-state index in [-0.39, 0.29) is 11.5 Å². The molecule has 2 aromatic carbocycles. The monoisotopic (exact) mass is 471 g/mol. The van der Waals surface area contributed by atoms with Crippen molar-refractivity contribution in [2.45, 2.75) is 59.4 Å². The first kappa shape index (κ1) is 22.5. The van der Waals surface area contributed by atoms with Gasteiger partial charge in [-0.25, -0.2) is 4.98 Å². The number of hydrogen-bond donors (Lipinski definition) is 1. The maximum absolute atomic E-state index is 14.0. The van der Waals surface area contributed by atoms with Crippen LogP contribution in [0.4, 0.5) is 5.69 Å². The second-order valence-electron chi connectivity index (χ2n) is 9.31. The van der Waals surface area contributed by atoms with Crippen molar-refractivity contribution in [1.82, 2.24) is 9.55 Å². The standard InChI is InChI=1S/C28H29N3O2S/c1-16-14-17(2)24(18(3)15-16)29-26(32)19(4)31-25(20-10-6-5-7-11-20)30-27-23(28(31)33)21-12-8-9-13-22(21)34-27/h5-7,10-11,14-15,19H,8-9,12-13H2,1-4H3,(H,29,32).